The minimum atomic E-state index is -0.368. The van der Waals surface area contributed by atoms with Crippen LogP contribution in [0.1, 0.15) is 22.5 Å². The molecule has 0 saturated carbocycles. The zero-order valence-electron chi connectivity index (χ0n) is 11.5. The van der Waals surface area contributed by atoms with E-state index in [9.17, 15) is 4.79 Å². The lowest BCUT2D eigenvalue weighted by Gasteiger charge is -2.08. The molecule has 7 nitrogen and oxygen atoms in total. The fourth-order valence-electron chi connectivity index (χ4n) is 1.79. The summed E-state index contributed by atoms with van der Waals surface area (Å²) in [5.41, 5.74) is 1.14. The summed E-state index contributed by atoms with van der Waals surface area (Å²) in [6.45, 7) is 3.35. The topological polar surface area (TPSA) is 81.9 Å². The average molecular weight is 275 g/mol. The summed E-state index contributed by atoms with van der Waals surface area (Å²) in [4.78, 5) is 15.8. The number of methoxy groups -OCH3 is 1. The minimum absolute atomic E-state index is 0.368. The Hall–Kier alpha value is -2.44. The Morgan fingerprint density at radius 2 is 2.30 bits per heavy atom. The highest BCUT2D eigenvalue weighted by atomic mass is 16.5. The molecular formula is C13H17N5O2. The second-order valence-corrected chi connectivity index (χ2v) is 4.27. The Labute approximate surface area is 117 Å². The van der Waals surface area contributed by atoms with Crippen LogP contribution in [-0.2, 0) is 11.3 Å². The predicted molar refractivity (Wildman–Crippen MR) is 73.4 cm³/mol. The SMILES string of the molecule is COC(=O)c1ccc(NCCCn2ccnn2)nc1C. The van der Waals surface area contributed by atoms with Crippen molar-refractivity contribution in [2.24, 2.45) is 0 Å². The lowest BCUT2D eigenvalue weighted by Crippen LogP contribution is -2.10. The Kier molecular flexibility index (Phi) is 4.65. The zero-order valence-corrected chi connectivity index (χ0v) is 11.5. The Morgan fingerprint density at radius 3 is 2.95 bits per heavy atom. The number of ether oxygens (including phenoxy) is 1. The van der Waals surface area contributed by atoms with E-state index in [1.165, 1.54) is 7.11 Å². The van der Waals surface area contributed by atoms with Crippen molar-refractivity contribution < 1.29 is 9.53 Å². The van der Waals surface area contributed by atoms with Gasteiger partial charge in [0.1, 0.15) is 5.82 Å². The number of nitrogens with zero attached hydrogens (tertiary/aromatic N) is 4. The highest BCUT2D eigenvalue weighted by molar-refractivity contribution is 5.90. The minimum Gasteiger partial charge on any atom is -0.465 e. The van der Waals surface area contributed by atoms with E-state index in [2.05, 4.69) is 25.3 Å². The van der Waals surface area contributed by atoms with E-state index < -0.39 is 0 Å². The molecule has 2 heterocycles. The maximum Gasteiger partial charge on any atom is 0.339 e. The standard InChI is InChI=1S/C13H17N5O2/c1-10-11(13(19)20-2)4-5-12(16-10)14-6-3-8-18-9-7-15-17-18/h4-5,7,9H,3,6,8H2,1-2H3,(H,14,16). The Bertz CT molecular complexity index is 568. The smallest absolute Gasteiger partial charge is 0.339 e. The van der Waals surface area contributed by atoms with Crippen molar-refractivity contribution in [3.63, 3.8) is 0 Å². The first-order valence-corrected chi connectivity index (χ1v) is 6.34. The number of rotatable bonds is 6. The molecule has 2 rings (SSSR count). The average Bonchev–Trinajstić information content (AvgIpc) is 2.96. The number of anilines is 1. The summed E-state index contributed by atoms with van der Waals surface area (Å²) in [6, 6.07) is 3.49. The molecule has 0 radical (unpaired) electrons. The van der Waals surface area contributed by atoms with Crippen LogP contribution in [0, 0.1) is 6.92 Å². The van der Waals surface area contributed by atoms with Crippen LogP contribution in [-0.4, -0.2) is 39.6 Å². The molecule has 20 heavy (non-hydrogen) atoms. The molecule has 2 aromatic rings. The second-order valence-electron chi connectivity index (χ2n) is 4.27. The molecule has 0 spiro atoms. The quantitative estimate of drug-likeness (QED) is 0.631. The van der Waals surface area contributed by atoms with Crippen molar-refractivity contribution in [1.82, 2.24) is 20.0 Å². The van der Waals surface area contributed by atoms with E-state index >= 15 is 0 Å². The molecule has 1 N–H and O–H groups in total. The largest absolute Gasteiger partial charge is 0.465 e. The molecule has 0 aliphatic carbocycles. The van der Waals surface area contributed by atoms with Crippen LogP contribution < -0.4 is 5.32 Å². The molecule has 0 bridgehead atoms. The maximum absolute atomic E-state index is 11.4. The van der Waals surface area contributed by atoms with Gasteiger partial charge in [0.2, 0.25) is 0 Å². The lowest BCUT2D eigenvalue weighted by molar-refractivity contribution is 0.0599. The molecule has 0 atom stereocenters. The van der Waals surface area contributed by atoms with Crippen LogP contribution in [0.3, 0.4) is 0 Å². The third kappa shape index (κ3) is 3.53. The van der Waals surface area contributed by atoms with Crippen molar-refractivity contribution in [2.75, 3.05) is 19.0 Å². The third-order valence-corrected chi connectivity index (χ3v) is 2.83. The number of nitrogens with one attached hydrogen (secondary N) is 1. The van der Waals surface area contributed by atoms with Gasteiger partial charge in [0.15, 0.2) is 0 Å². The van der Waals surface area contributed by atoms with Gasteiger partial charge in [0, 0.05) is 19.3 Å². The molecule has 0 aromatic carbocycles. The second kappa shape index (κ2) is 6.65. The van der Waals surface area contributed by atoms with E-state index in [-0.39, 0.29) is 5.97 Å². The highest BCUT2D eigenvalue weighted by Crippen LogP contribution is 2.11. The summed E-state index contributed by atoms with van der Waals surface area (Å²) in [5.74, 6) is 0.376. The molecule has 0 fully saturated rings. The van der Waals surface area contributed by atoms with Gasteiger partial charge >= 0.3 is 5.97 Å². The normalized spacial score (nSPS) is 10.3. The first-order valence-electron chi connectivity index (χ1n) is 6.34. The van der Waals surface area contributed by atoms with Gasteiger partial charge in [-0.15, -0.1) is 5.10 Å². The fourth-order valence-corrected chi connectivity index (χ4v) is 1.79. The fraction of sp³-hybridized carbons (Fsp3) is 0.385. The first-order chi connectivity index (χ1) is 9.70. The van der Waals surface area contributed by atoms with Gasteiger partial charge in [0.05, 0.1) is 24.6 Å². The first kappa shape index (κ1) is 14.0. The van der Waals surface area contributed by atoms with Gasteiger partial charge in [0.25, 0.3) is 0 Å². The van der Waals surface area contributed by atoms with Crippen molar-refractivity contribution in [2.45, 2.75) is 19.9 Å². The molecule has 0 aliphatic rings. The van der Waals surface area contributed by atoms with Crippen LogP contribution in [0.25, 0.3) is 0 Å². The van der Waals surface area contributed by atoms with Crippen molar-refractivity contribution >= 4 is 11.8 Å². The van der Waals surface area contributed by atoms with E-state index in [1.807, 2.05) is 6.20 Å². The number of pyridine rings is 1. The van der Waals surface area contributed by atoms with Crippen LogP contribution in [0.4, 0.5) is 5.82 Å². The maximum atomic E-state index is 11.4. The predicted octanol–water partition coefficient (Wildman–Crippen LogP) is 1.27. The molecule has 0 amide bonds. The molecule has 106 valence electrons. The number of aryl methyl sites for hydroxylation is 2. The van der Waals surface area contributed by atoms with Gasteiger partial charge in [-0.05, 0) is 25.5 Å². The summed E-state index contributed by atoms with van der Waals surface area (Å²) < 4.78 is 6.46. The highest BCUT2D eigenvalue weighted by Gasteiger charge is 2.10. The molecule has 7 heteroatoms. The molecule has 0 saturated heterocycles. The monoisotopic (exact) mass is 275 g/mol. The Morgan fingerprint density at radius 1 is 1.45 bits per heavy atom. The van der Waals surface area contributed by atoms with Gasteiger partial charge in [-0.2, -0.15) is 0 Å². The third-order valence-electron chi connectivity index (χ3n) is 2.83. The van der Waals surface area contributed by atoms with E-state index in [0.717, 1.165) is 25.3 Å². The molecule has 0 aliphatic heterocycles. The van der Waals surface area contributed by atoms with Gasteiger partial charge < -0.3 is 10.1 Å². The van der Waals surface area contributed by atoms with Crippen LogP contribution in [0.2, 0.25) is 0 Å². The summed E-state index contributed by atoms with van der Waals surface area (Å²) in [7, 11) is 1.36. The molecular weight excluding hydrogens is 258 g/mol. The number of hydrogen-bond acceptors (Lipinski definition) is 6. The van der Waals surface area contributed by atoms with Gasteiger partial charge in [-0.1, -0.05) is 5.21 Å². The number of carbonyl (C=O) groups excluding carboxylic acids is 1. The van der Waals surface area contributed by atoms with Crippen LogP contribution in [0.5, 0.6) is 0 Å². The van der Waals surface area contributed by atoms with Crippen LogP contribution in [0.15, 0.2) is 24.5 Å². The van der Waals surface area contributed by atoms with Gasteiger partial charge in [-0.25, -0.2) is 9.78 Å². The van der Waals surface area contributed by atoms with E-state index in [4.69, 9.17) is 0 Å². The van der Waals surface area contributed by atoms with E-state index in [0.29, 0.717) is 11.3 Å². The number of aromatic nitrogens is 4. The summed E-state index contributed by atoms with van der Waals surface area (Å²) in [6.07, 6.45) is 4.39. The number of carbonyl (C=O) groups is 1. The Balaban J connectivity index is 1.84. The molecule has 0 unspecified atom stereocenters. The number of hydrogen-bond donors (Lipinski definition) is 1. The molecule has 2 aromatic heterocycles. The lowest BCUT2D eigenvalue weighted by atomic mass is 10.2. The van der Waals surface area contributed by atoms with Crippen LogP contribution >= 0.6 is 0 Å². The summed E-state index contributed by atoms with van der Waals surface area (Å²) >= 11 is 0. The number of esters is 1. The van der Waals surface area contributed by atoms with Crippen molar-refractivity contribution in [3.8, 4) is 0 Å². The van der Waals surface area contributed by atoms with E-state index in [1.54, 1.807) is 29.9 Å². The van der Waals surface area contributed by atoms with Crippen molar-refractivity contribution in [1.29, 1.82) is 0 Å². The van der Waals surface area contributed by atoms with Crippen molar-refractivity contribution in [3.05, 3.63) is 35.8 Å². The zero-order chi connectivity index (χ0) is 14.4. The van der Waals surface area contributed by atoms with Gasteiger partial charge in [-0.3, -0.25) is 4.68 Å². The summed E-state index contributed by atoms with van der Waals surface area (Å²) in [5, 5.41) is 10.8.